The normalized spacial score (nSPS) is 20.6. The largest absolute Gasteiger partial charge is 0.507 e. The Morgan fingerprint density at radius 3 is 2.38 bits per heavy atom. The highest BCUT2D eigenvalue weighted by Crippen LogP contribution is 2.43. The molecule has 2 saturated heterocycles. The second-order valence-electron chi connectivity index (χ2n) is 9.73. The van der Waals surface area contributed by atoms with Crippen LogP contribution < -0.4 is 18.9 Å². The van der Waals surface area contributed by atoms with Gasteiger partial charge in [0.15, 0.2) is 23.0 Å². The molecule has 214 valence electrons. The van der Waals surface area contributed by atoms with E-state index in [1.807, 2.05) is 19.9 Å². The number of nitrogens with zero attached hydrogens (tertiary/aromatic N) is 2. The molecule has 3 heterocycles. The van der Waals surface area contributed by atoms with Crippen molar-refractivity contribution < 1.29 is 38.4 Å². The molecule has 0 spiro atoms. The predicted octanol–water partition coefficient (Wildman–Crippen LogP) is 3.40. The third kappa shape index (κ3) is 5.73. The number of aliphatic hydroxyl groups excluding tert-OH is 1. The second kappa shape index (κ2) is 12.6. The van der Waals surface area contributed by atoms with Crippen LogP contribution >= 0.6 is 0 Å². The van der Waals surface area contributed by atoms with Crippen LogP contribution in [0.15, 0.2) is 42.0 Å². The number of ether oxygens (including phenoxy) is 5. The van der Waals surface area contributed by atoms with Gasteiger partial charge in [-0.2, -0.15) is 0 Å². The number of benzene rings is 2. The minimum Gasteiger partial charge on any atom is -0.507 e. The molecule has 2 aromatic carbocycles. The third-order valence-corrected chi connectivity index (χ3v) is 7.22. The number of carbonyl (C=O) groups is 2. The van der Waals surface area contributed by atoms with E-state index in [0.29, 0.717) is 86.7 Å². The zero-order chi connectivity index (χ0) is 28.1. The van der Waals surface area contributed by atoms with E-state index in [-0.39, 0.29) is 11.3 Å². The fourth-order valence-electron chi connectivity index (χ4n) is 5.33. The summed E-state index contributed by atoms with van der Waals surface area (Å²) in [5.41, 5.74) is 1.05. The van der Waals surface area contributed by atoms with E-state index in [2.05, 4.69) is 4.90 Å². The van der Waals surface area contributed by atoms with Crippen molar-refractivity contribution in [3.8, 4) is 23.0 Å². The van der Waals surface area contributed by atoms with E-state index in [1.54, 1.807) is 35.2 Å². The maximum Gasteiger partial charge on any atom is 0.295 e. The molecule has 0 unspecified atom stereocenters. The standard InChI is InChI=1S/C30H36N2O8/c1-3-37-22-8-6-20(18-24(22)38-4-2)27-26(28(33)21-7-9-23-25(19-21)40-17-16-39-23)29(34)30(35)32(27)11-5-10-31-12-14-36-15-13-31/h6-9,18-19,27,33H,3-5,10-17H2,1-2H3/t27-/m0/s1. The summed E-state index contributed by atoms with van der Waals surface area (Å²) < 4.78 is 28.3. The van der Waals surface area contributed by atoms with Gasteiger partial charge in [-0.05, 0) is 56.2 Å². The van der Waals surface area contributed by atoms with Crippen LogP contribution in [-0.2, 0) is 14.3 Å². The van der Waals surface area contributed by atoms with Crippen molar-refractivity contribution in [2.75, 3.05) is 65.8 Å². The molecule has 40 heavy (non-hydrogen) atoms. The number of Topliss-reactive ketones (excluding diaryl/α,β-unsaturated/α-hetero) is 1. The molecule has 0 saturated carbocycles. The Morgan fingerprint density at radius 2 is 1.62 bits per heavy atom. The highest BCUT2D eigenvalue weighted by atomic mass is 16.6. The number of hydrogen-bond acceptors (Lipinski definition) is 9. The van der Waals surface area contributed by atoms with Gasteiger partial charge in [0.1, 0.15) is 19.0 Å². The van der Waals surface area contributed by atoms with E-state index < -0.39 is 17.7 Å². The molecule has 2 aromatic rings. The summed E-state index contributed by atoms with van der Waals surface area (Å²) in [6.07, 6.45) is 0.670. The van der Waals surface area contributed by atoms with Crippen molar-refractivity contribution >= 4 is 17.4 Å². The van der Waals surface area contributed by atoms with Crippen LogP contribution in [0.2, 0.25) is 0 Å². The Bertz CT molecular complexity index is 1270. The number of morpholine rings is 1. The Balaban J connectivity index is 1.53. The SMILES string of the molecule is CCOc1ccc([C@H]2C(=C(O)c3ccc4c(c3)OCCO4)C(=O)C(=O)N2CCCN2CCOCC2)cc1OCC. The summed E-state index contributed by atoms with van der Waals surface area (Å²) in [4.78, 5) is 30.8. The molecular formula is C30H36N2O8. The molecule has 0 aliphatic carbocycles. The van der Waals surface area contributed by atoms with Crippen molar-refractivity contribution in [1.82, 2.24) is 9.80 Å². The van der Waals surface area contributed by atoms with E-state index in [1.165, 1.54) is 0 Å². The van der Waals surface area contributed by atoms with Crippen molar-refractivity contribution in [2.24, 2.45) is 0 Å². The highest BCUT2D eigenvalue weighted by Gasteiger charge is 2.46. The Morgan fingerprint density at radius 1 is 0.900 bits per heavy atom. The predicted molar refractivity (Wildman–Crippen MR) is 147 cm³/mol. The molecule has 0 radical (unpaired) electrons. The van der Waals surface area contributed by atoms with E-state index in [9.17, 15) is 14.7 Å². The van der Waals surface area contributed by atoms with Gasteiger partial charge in [-0.15, -0.1) is 0 Å². The van der Waals surface area contributed by atoms with Crippen LogP contribution in [0.25, 0.3) is 5.76 Å². The summed E-state index contributed by atoms with van der Waals surface area (Å²) in [5.74, 6) is 0.503. The molecule has 10 heteroatoms. The van der Waals surface area contributed by atoms with Crippen LogP contribution in [0.5, 0.6) is 23.0 Å². The number of ketones is 1. The molecule has 0 aromatic heterocycles. The quantitative estimate of drug-likeness (QED) is 0.270. The number of hydrogen-bond donors (Lipinski definition) is 1. The number of amides is 1. The second-order valence-corrected chi connectivity index (χ2v) is 9.73. The fourth-order valence-corrected chi connectivity index (χ4v) is 5.33. The molecule has 3 aliphatic heterocycles. The van der Waals surface area contributed by atoms with Crippen molar-refractivity contribution in [3.63, 3.8) is 0 Å². The Hall–Kier alpha value is -3.76. The van der Waals surface area contributed by atoms with Gasteiger partial charge in [-0.1, -0.05) is 6.07 Å². The maximum absolute atomic E-state index is 13.5. The van der Waals surface area contributed by atoms with Gasteiger partial charge in [-0.25, -0.2) is 0 Å². The summed E-state index contributed by atoms with van der Waals surface area (Å²) >= 11 is 0. The molecule has 1 atom stereocenters. The van der Waals surface area contributed by atoms with Gasteiger partial charge in [0.05, 0.1) is 38.0 Å². The van der Waals surface area contributed by atoms with E-state index in [4.69, 9.17) is 23.7 Å². The van der Waals surface area contributed by atoms with Crippen LogP contribution in [-0.4, -0.2) is 92.4 Å². The van der Waals surface area contributed by atoms with Crippen LogP contribution in [0, 0.1) is 0 Å². The Labute approximate surface area is 234 Å². The van der Waals surface area contributed by atoms with Gasteiger partial charge in [0, 0.05) is 31.7 Å². The number of carbonyl (C=O) groups excluding carboxylic acids is 2. The summed E-state index contributed by atoms with van der Waals surface area (Å²) in [5, 5.41) is 11.5. The van der Waals surface area contributed by atoms with E-state index >= 15 is 0 Å². The first-order valence-corrected chi connectivity index (χ1v) is 13.9. The first-order valence-electron chi connectivity index (χ1n) is 13.9. The van der Waals surface area contributed by atoms with Gasteiger partial charge in [0.2, 0.25) is 0 Å². The third-order valence-electron chi connectivity index (χ3n) is 7.22. The lowest BCUT2D eigenvalue weighted by Gasteiger charge is -2.29. The van der Waals surface area contributed by atoms with Crippen LogP contribution in [0.3, 0.4) is 0 Å². The minimum atomic E-state index is -0.798. The van der Waals surface area contributed by atoms with E-state index in [0.717, 1.165) is 19.6 Å². The number of likely N-dealkylation sites (tertiary alicyclic amines) is 1. The topological polar surface area (TPSA) is 107 Å². The average molecular weight is 553 g/mol. The number of rotatable bonds is 10. The molecule has 5 rings (SSSR count). The van der Waals surface area contributed by atoms with Gasteiger partial charge in [0.25, 0.3) is 11.7 Å². The fraction of sp³-hybridized carbons (Fsp3) is 0.467. The summed E-state index contributed by atoms with van der Waals surface area (Å²) in [7, 11) is 0. The number of fused-ring (bicyclic) bond motifs is 1. The molecular weight excluding hydrogens is 516 g/mol. The highest BCUT2D eigenvalue weighted by molar-refractivity contribution is 6.46. The molecule has 0 bridgehead atoms. The summed E-state index contributed by atoms with van der Waals surface area (Å²) in [6, 6.07) is 9.58. The van der Waals surface area contributed by atoms with Crippen LogP contribution in [0.4, 0.5) is 0 Å². The zero-order valence-corrected chi connectivity index (χ0v) is 23.0. The maximum atomic E-state index is 13.5. The zero-order valence-electron chi connectivity index (χ0n) is 23.0. The van der Waals surface area contributed by atoms with Crippen LogP contribution in [0.1, 0.15) is 37.4 Å². The molecule has 3 aliphatic rings. The molecule has 2 fully saturated rings. The van der Waals surface area contributed by atoms with Crippen molar-refractivity contribution in [2.45, 2.75) is 26.3 Å². The Kier molecular flexibility index (Phi) is 8.76. The first-order chi connectivity index (χ1) is 19.5. The smallest absolute Gasteiger partial charge is 0.295 e. The van der Waals surface area contributed by atoms with Crippen molar-refractivity contribution in [3.05, 3.63) is 53.1 Å². The molecule has 1 N–H and O–H groups in total. The lowest BCUT2D eigenvalue weighted by Crippen LogP contribution is -2.39. The molecule has 1 amide bonds. The van der Waals surface area contributed by atoms with Gasteiger partial charge >= 0.3 is 0 Å². The van der Waals surface area contributed by atoms with Gasteiger partial charge in [-0.3, -0.25) is 14.5 Å². The lowest BCUT2D eigenvalue weighted by molar-refractivity contribution is -0.140. The first kappa shape index (κ1) is 27.8. The molecule has 10 nitrogen and oxygen atoms in total. The average Bonchev–Trinajstić information content (AvgIpc) is 3.23. The number of aliphatic hydroxyl groups is 1. The van der Waals surface area contributed by atoms with Crippen molar-refractivity contribution in [1.29, 1.82) is 0 Å². The van der Waals surface area contributed by atoms with Gasteiger partial charge < -0.3 is 33.7 Å². The minimum absolute atomic E-state index is 0.0275. The summed E-state index contributed by atoms with van der Waals surface area (Å²) in [6.45, 7) is 9.64. The lowest BCUT2D eigenvalue weighted by atomic mass is 9.94. The monoisotopic (exact) mass is 552 g/mol.